The third-order valence-electron chi connectivity index (χ3n) is 3.18. The first-order valence-electron chi connectivity index (χ1n) is 7.09. The molecule has 0 aromatic heterocycles. The van der Waals surface area contributed by atoms with Crippen molar-refractivity contribution in [3.8, 4) is 5.75 Å². The summed E-state index contributed by atoms with van der Waals surface area (Å²) in [6, 6.07) is 17.5. The van der Waals surface area contributed by atoms with Crippen molar-refractivity contribution in [2.75, 3.05) is 0 Å². The highest BCUT2D eigenvalue weighted by Crippen LogP contribution is 2.16. The Morgan fingerprint density at radius 3 is 2.35 bits per heavy atom. The van der Waals surface area contributed by atoms with Crippen molar-refractivity contribution in [2.45, 2.75) is 32.8 Å². The van der Waals surface area contributed by atoms with Gasteiger partial charge in [-0.15, -0.1) is 0 Å². The van der Waals surface area contributed by atoms with Crippen molar-refractivity contribution < 1.29 is 9.53 Å². The predicted molar refractivity (Wildman–Crippen MR) is 81.1 cm³/mol. The smallest absolute Gasteiger partial charge is 0.162 e. The molecule has 0 saturated carbocycles. The van der Waals surface area contributed by atoms with Crippen LogP contribution in [-0.4, -0.2) is 5.78 Å². The van der Waals surface area contributed by atoms with Crippen LogP contribution in [0.1, 0.15) is 42.1 Å². The molecule has 104 valence electrons. The van der Waals surface area contributed by atoms with E-state index in [9.17, 15) is 4.79 Å². The van der Waals surface area contributed by atoms with Crippen molar-refractivity contribution >= 4 is 5.78 Å². The van der Waals surface area contributed by atoms with Crippen molar-refractivity contribution in [3.63, 3.8) is 0 Å². The third-order valence-corrected chi connectivity index (χ3v) is 3.18. The van der Waals surface area contributed by atoms with E-state index < -0.39 is 0 Å². The van der Waals surface area contributed by atoms with Crippen molar-refractivity contribution in [1.29, 1.82) is 0 Å². The summed E-state index contributed by atoms with van der Waals surface area (Å²) in [4.78, 5) is 11.9. The quantitative estimate of drug-likeness (QED) is 0.684. The van der Waals surface area contributed by atoms with Crippen LogP contribution in [0.3, 0.4) is 0 Å². The van der Waals surface area contributed by atoms with Gasteiger partial charge in [0.1, 0.15) is 12.4 Å². The Morgan fingerprint density at radius 1 is 1.00 bits per heavy atom. The molecule has 0 bridgehead atoms. The molecule has 0 fully saturated rings. The van der Waals surface area contributed by atoms with Gasteiger partial charge in [0, 0.05) is 12.0 Å². The topological polar surface area (TPSA) is 26.3 Å². The lowest BCUT2D eigenvalue weighted by atomic mass is 10.1. The second-order valence-corrected chi connectivity index (χ2v) is 4.83. The minimum absolute atomic E-state index is 0.210. The van der Waals surface area contributed by atoms with Gasteiger partial charge >= 0.3 is 0 Å². The second kappa shape index (κ2) is 7.49. The molecule has 0 radical (unpaired) electrons. The molecule has 0 saturated heterocycles. The lowest BCUT2D eigenvalue weighted by molar-refractivity contribution is 0.0979. The highest BCUT2D eigenvalue weighted by molar-refractivity contribution is 5.96. The summed E-state index contributed by atoms with van der Waals surface area (Å²) in [6.07, 6.45) is 2.62. The Balaban J connectivity index is 1.90. The highest BCUT2D eigenvalue weighted by atomic mass is 16.5. The summed E-state index contributed by atoms with van der Waals surface area (Å²) in [5.74, 6) is 1.00. The van der Waals surface area contributed by atoms with Crippen LogP contribution in [0.5, 0.6) is 5.75 Å². The zero-order chi connectivity index (χ0) is 14.2. The van der Waals surface area contributed by atoms with E-state index in [1.807, 2.05) is 54.6 Å². The van der Waals surface area contributed by atoms with Gasteiger partial charge in [0.2, 0.25) is 0 Å². The Labute approximate surface area is 120 Å². The zero-order valence-electron chi connectivity index (χ0n) is 11.8. The molecule has 0 aliphatic rings. The Bertz CT molecular complexity index is 529. The number of rotatable bonds is 7. The van der Waals surface area contributed by atoms with Crippen molar-refractivity contribution in [3.05, 3.63) is 65.7 Å². The molecule has 2 aromatic carbocycles. The fourth-order valence-corrected chi connectivity index (χ4v) is 1.96. The Morgan fingerprint density at radius 2 is 1.70 bits per heavy atom. The first-order chi connectivity index (χ1) is 9.79. The standard InChI is InChI=1S/C18H20O2/c1-2-3-9-18(19)16-10-12-17(13-11-16)20-14-15-7-5-4-6-8-15/h4-8,10-13H,2-3,9,14H2,1H3. The number of benzene rings is 2. The van der Waals surface area contributed by atoms with Gasteiger partial charge in [0.25, 0.3) is 0 Å². The van der Waals surface area contributed by atoms with Gasteiger partial charge in [-0.1, -0.05) is 43.7 Å². The number of carbonyl (C=O) groups excluding carboxylic acids is 1. The monoisotopic (exact) mass is 268 g/mol. The van der Waals surface area contributed by atoms with E-state index in [1.165, 1.54) is 0 Å². The van der Waals surface area contributed by atoms with Crippen LogP contribution in [0.2, 0.25) is 0 Å². The molecule has 2 heteroatoms. The third kappa shape index (κ3) is 4.23. The maximum Gasteiger partial charge on any atom is 0.162 e. The first-order valence-corrected chi connectivity index (χ1v) is 7.09. The van der Waals surface area contributed by atoms with Gasteiger partial charge in [0.15, 0.2) is 5.78 Å². The van der Waals surface area contributed by atoms with Crippen LogP contribution < -0.4 is 4.74 Å². The van der Waals surface area contributed by atoms with Gasteiger partial charge < -0.3 is 4.74 Å². The van der Waals surface area contributed by atoms with Crippen molar-refractivity contribution in [1.82, 2.24) is 0 Å². The molecule has 0 aliphatic carbocycles. The fraction of sp³-hybridized carbons (Fsp3) is 0.278. The van der Waals surface area contributed by atoms with Crippen LogP contribution >= 0.6 is 0 Å². The van der Waals surface area contributed by atoms with E-state index in [4.69, 9.17) is 4.74 Å². The Kier molecular flexibility index (Phi) is 5.36. The van der Waals surface area contributed by atoms with Gasteiger partial charge in [-0.05, 0) is 36.2 Å². The summed E-state index contributed by atoms with van der Waals surface area (Å²) < 4.78 is 5.70. The summed E-state index contributed by atoms with van der Waals surface area (Å²) in [6.45, 7) is 2.64. The molecule has 0 heterocycles. The first kappa shape index (κ1) is 14.3. The number of carbonyl (C=O) groups is 1. The average Bonchev–Trinajstić information content (AvgIpc) is 2.52. The molecule has 0 unspecified atom stereocenters. The maximum atomic E-state index is 11.9. The van der Waals surface area contributed by atoms with Crippen LogP contribution in [-0.2, 0) is 6.61 Å². The van der Waals surface area contributed by atoms with Gasteiger partial charge in [-0.2, -0.15) is 0 Å². The number of hydrogen-bond donors (Lipinski definition) is 0. The minimum atomic E-state index is 0.210. The van der Waals surface area contributed by atoms with Gasteiger partial charge in [0.05, 0.1) is 0 Å². The number of unbranched alkanes of at least 4 members (excludes halogenated alkanes) is 1. The summed E-state index contributed by atoms with van der Waals surface area (Å²) >= 11 is 0. The zero-order valence-corrected chi connectivity index (χ0v) is 11.8. The van der Waals surface area contributed by atoms with Crippen LogP contribution in [0, 0.1) is 0 Å². The van der Waals surface area contributed by atoms with E-state index in [0.29, 0.717) is 13.0 Å². The minimum Gasteiger partial charge on any atom is -0.489 e. The Hall–Kier alpha value is -2.09. The lowest BCUT2D eigenvalue weighted by Crippen LogP contribution is -1.99. The normalized spacial score (nSPS) is 10.2. The maximum absolute atomic E-state index is 11.9. The van der Waals surface area contributed by atoms with E-state index >= 15 is 0 Å². The van der Waals surface area contributed by atoms with E-state index in [2.05, 4.69) is 6.92 Å². The molecular weight excluding hydrogens is 248 g/mol. The lowest BCUT2D eigenvalue weighted by Gasteiger charge is -2.07. The molecule has 2 rings (SSSR count). The molecule has 0 N–H and O–H groups in total. The fourth-order valence-electron chi connectivity index (χ4n) is 1.96. The molecule has 2 aromatic rings. The summed E-state index contributed by atoms with van der Waals surface area (Å²) in [5, 5.41) is 0. The second-order valence-electron chi connectivity index (χ2n) is 4.83. The molecular formula is C18H20O2. The van der Waals surface area contributed by atoms with E-state index in [0.717, 1.165) is 29.7 Å². The van der Waals surface area contributed by atoms with Crippen LogP contribution in [0.25, 0.3) is 0 Å². The average molecular weight is 268 g/mol. The molecule has 20 heavy (non-hydrogen) atoms. The van der Waals surface area contributed by atoms with E-state index in [-0.39, 0.29) is 5.78 Å². The number of ketones is 1. The highest BCUT2D eigenvalue weighted by Gasteiger charge is 2.05. The van der Waals surface area contributed by atoms with Gasteiger partial charge in [-0.25, -0.2) is 0 Å². The van der Waals surface area contributed by atoms with E-state index in [1.54, 1.807) is 0 Å². The largest absolute Gasteiger partial charge is 0.489 e. The van der Waals surface area contributed by atoms with Crippen molar-refractivity contribution in [2.24, 2.45) is 0 Å². The SMILES string of the molecule is CCCCC(=O)c1ccc(OCc2ccccc2)cc1. The molecule has 0 amide bonds. The number of Topliss-reactive ketones (excluding diaryl/α,β-unsaturated/α-hetero) is 1. The summed E-state index contributed by atoms with van der Waals surface area (Å²) in [5.41, 5.74) is 1.90. The molecule has 2 nitrogen and oxygen atoms in total. The molecule has 0 aliphatic heterocycles. The predicted octanol–water partition coefficient (Wildman–Crippen LogP) is 4.64. The number of ether oxygens (including phenoxy) is 1. The van der Waals surface area contributed by atoms with Gasteiger partial charge in [-0.3, -0.25) is 4.79 Å². The summed E-state index contributed by atoms with van der Waals surface area (Å²) in [7, 11) is 0. The molecule has 0 spiro atoms. The molecule has 0 atom stereocenters. The van der Waals surface area contributed by atoms with Crippen LogP contribution in [0.4, 0.5) is 0 Å². The van der Waals surface area contributed by atoms with Crippen LogP contribution in [0.15, 0.2) is 54.6 Å². The number of hydrogen-bond acceptors (Lipinski definition) is 2.